The van der Waals surface area contributed by atoms with Gasteiger partial charge in [0.15, 0.2) is 0 Å². The highest BCUT2D eigenvalue weighted by molar-refractivity contribution is 9.10. The largest absolute Gasteiger partial charge is 0.481 e. The van der Waals surface area contributed by atoms with Crippen LogP contribution in [0.15, 0.2) is 22.7 Å². The number of fused-ring (bicyclic) bond motifs is 1. The Morgan fingerprint density at radius 1 is 1.47 bits per heavy atom. The van der Waals surface area contributed by atoms with Crippen LogP contribution < -0.4 is 0 Å². The van der Waals surface area contributed by atoms with E-state index in [1.807, 2.05) is 20.0 Å². The van der Waals surface area contributed by atoms with Crippen molar-refractivity contribution < 1.29 is 9.90 Å². The molecule has 0 saturated heterocycles. The van der Waals surface area contributed by atoms with Gasteiger partial charge >= 0.3 is 5.97 Å². The summed E-state index contributed by atoms with van der Waals surface area (Å²) in [5.41, 5.74) is 3.41. The van der Waals surface area contributed by atoms with Crippen molar-refractivity contribution in [3.8, 4) is 0 Å². The van der Waals surface area contributed by atoms with E-state index in [9.17, 15) is 4.79 Å². The quantitative estimate of drug-likeness (QED) is 0.944. The van der Waals surface area contributed by atoms with Crippen molar-refractivity contribution in [2.45, 2.75) is 19.8 Å². The summed E-state index contributed by atoms with van der Waals surface area (Å²) in [4.78, 5) is 10.6. The molecule has 0 aliphatic carbocycles. The molecule has 0 amide bonds. The molecule has 2 aromatic rings. The predicted octanol–water partition coefficient (Wildman–Crippen LogP) is 3.27. The minimum Gasteiger partial charge on any atom is -0.481 e. The summed E-state index contributed by atoms with van der Waals surface area (Å²) >= 11 is 3.46. The van der Waals surface area contributed by atoms with Crippen LogP contribution in [0.4, 0.5) is 0 Å². The minimum absolute atomic E-state index is 0.173. The van der Waals surface area contributed by atoms with E-state index in [2.05, 4.69) is 32.6 Å². The molecule has 0 unspecified atom stereocenters. The Bertz CT molecular complexity index is 587. The molecular weight excluding hydrogens is 282 g/mol. The number of carbonyl (C=O) groups is 1. The highest BCUT2D eigenvalue weighted by Crippen LogP contribution is 2.28. The Balaban J connectivity index is 2.52. The van der Waals surface area contributed by atoms with Gasteiger partial charge in [-0.15, -0.1) is 0 Å². The number of hydrogen-bond acceptors (Lipinski definition) is 1. The zero-order chi connectivity index (χ0) is 12.6. The van der Waals surface area contributed by atoms with Crippen molar-refractivity contribution in [2.75, 3.05) is 0 Å². The summed E-state index contributed by atoms with van der Waals surface area (Å²) in [6.45, 7) is 2.05. The summed E-state index contributed by atoms with van der Waals surface area (Å²) in [7, 11) is 1.99. The van der Waals surface area contributed by atoms with Gasteiger partial charge in [-0.25, -0.2) is 0 Å². The Morgan fingerprint density at radius 3 is 2.82 bits per heavy atom. The van der Waals surface area contributed by atoms with Gasteiger partial charge in [-0.05, 0) is 31.0 Å². The number of carboxylic acid groups (broad SMARTS) is 1. The zero-order valence-electron chi connectivity index (χ0n) is 9.83. The van der Waals surface area contributed by atoms with Gasteiger partial charge in [0.25, 0.3) is 0 Å². The predicted molar refractivity (Wildman–Crippen MR) is 71.3 cm³/mol. The number of halogens is 1. The molecule has 1 aromatic carbocycles. The van der Waals surface area contributed by atoms with E-state index in [1.54, 1.807) is 0 Å². The van der Waals surface area contributed by atoms with E-state index in [1.165, 1.54) is 10.9 Å². The lowest BCUT2D eigenvalue weighted by Crippen LogP contribution is -2.03. The second kappa shape index (κ2) is 4.53. The number of rotatable bonds is 3. The van der Waals surface area contributed by atoms with Crippen molar-refractivity contribution in [1.29, 1.82) is 0 Å². The van der Waals surface area contributed by atoms with Crippen LogP contribution >= 0.6 is 15.9 Å². The number of nitrogens with zero attached hydrogens (tertiary/aromatic N) is 1. The maximum atomic E-state index is 10.6. The van der Waals surface area contributed by atoms with E-state index < -0.39 is 5.97 Å². The maximum absolute atomic E-state index is 10.6. The van der Waals surface area contributed by atoms with Crippen molar-refractivity contribution in [2.24, 2.45) is 7.05 Å². The minimum atomic E-state index is -0.754. The molecule has 1 N–H and O–H groups in total. The number of carboxylic acids is 1. The lowest BCUT2D eigenvalue weighted by atomic mass is 10.1. The molecule has 0 aliphatic rings. The third-order valence-corrected chi connectivity index (χ3v) is 3.63. The molecule has 0 atom stereocenters. The normalized spacial score (nSPS) is 11.0. The van der Waals surface area contributed by atoms with Crippen molar-refractivity contribution in [1.82, 2.24) is 4.57 Å². The molecule has 4 heteroatoms. The zero-order valence-corrected chi connectivity index (χ0v) is 11.4. The Morgan fingerprint density at radius 2 is 2.18 bits per heavy atom. The first-order chi connectivity index (χ1) is 8.00. The van der Waals surface area contributed by atoms with E-state index in [0.29, 0.717) is 6.42 Å². The maximum Gasteiger partial charge on any atom is 0.303 e. The van der Waals surface area contributed by atoms with Crippen LogP contribution in [0.2, 0.25) is 0 Å². The van der Waals surface area contributed by atoms with Crippen LogP contribution in [0, 0.1) is 6.92 Å². The van der Waals surface area contributed by atoms with Gasteiger partial charge < -0.3 is 9.67 Å². The molecule has 0 radical (unpaired) electrons. The highest BCUT2D eigenvalue weighted by atomic mass is 79.9. The third-order valence-electron chi connectivity index (χ3n) is 3.14. The second-order valence-corrected chi connectivity index (χ2v) is 5.10. The van der Waals surface area contributed by atoms with Crippen LogP contribution in [0.5, 0.6) is 0 Å². The van der Waals surface area contributed by atoms with Crippen LogP contribution in [0.25, 0.3) is 10.9 Å². The third kappa shape index (κ3) is 2.22. The monoisotopic (exact) mass is 295 g/mol. The molecule has 0 aliphatic heterocycles. The van der Waals surface area contributed by atoms with Crippen LogP contribution in [0.3, 0.4) is 0 Å². The smallest absolute Gasteiger partial charge is 0.303 e. The van der Waals surface area contributed by atoms with Gasteiger partial charge in [0.1, 0.15) is 0 Å². The standard InChI is InChI=1S/C13H14BrNO2/c1-8-10-4-3-9(14)7-12(10)15(2)11(8)5-6-13(16)17/h3-4,7H,5-6H2,1-2H3,(H,16,17). The van der Waals surface area contributed by atoms with Gasteiger partial charge in [0, 0.05) is 28.1 Å². The molecule has 0 spiro atoms. The first kappa shape index (κ1) is 12.2. The van der Waals surface area contributed by atoms with Crippen LogP contribution in [-0.4, -0.2) is 15.6 Å². The molecule has 0 bridgehead atoms. The van der Waals surface area contributed by atoms with E-state index in [-0.39, 0.29) is 6.42 Å². The fourth-order valence-corrected chi connectivity index (χ4v) is 2.58. The van der Waals surface area contributed by atoms with Crippen molar-refractivity contribution in [3.05, 3.63) is 33.9 Å². The Kier molecular flexibility index (Phi) is 3.24. The first-order valence-electron chi connectivity index (χ1n) is 5.46. The number of aromatic nitrogens is 1. The molecule has 17 heavy (non-hydrogen) atoms. The summed E-state index contributed by atoms with van der Waals surface area (Å²) in [5, 5.41) is 9.95. The lowest BCUT2D eigenvalue weighted by molar-refractivity contribution is -0.136. The van der Waals surface area contributed by atoms with E-state index in [0.717, 1.165) is 15.7 Å². The summed E-state index contributed by atoms with van der Waals surface area (Å²) in [6, 6.07) is 6.14. The second-order valence-electron chi connectivity index (χ2n) is 4.19. The van der Waals surface area contributed by atoms with Gasteiger partial charge in [-0.3, -0.25) is 4.79 Å². The summed E-state index contributed by atoms with van der Waals surface area (Å²) in [5.74, 6) is -0.754. The lowest BCUT2D eigenvalue weighted by Gasteiger charge is -2.03. The SMILES string of the molecule is Cc1c(CCC(=O)O)n(C)c2cc(Br)ccc12. The fraction of sp³-hybridized carbons (Fsp3) is 0.308. The molecule has 0 saturated carbocycles. The average Bonchev–Trinajstić information content (AvgIpc) is 2.49. The molecule has 3 nitrogen and oxygen atoms in total. The average molecular weight is 296 g/mol. The molecule has 1 heterocycles. The molecule has 90 valence electrons. The van der Waals surface area contributed by atoms with Gasteiger partial charge in [-0.1, -0.05) is 22.0 Å². The number of hydrogen-bond donors (Lipinski definition) is 1. The van der Waals surface area contributed by atoms with Gasteiger partial charge in [-0.2, -0.15) is 0 Å². The Hall–Kier alpha value is -1.29. The number of benzene rings is 1. The number of aryl methyl sites for hydroxylation is 2. The first-order valence-corrected chi connectivity index (χ1v) is 6.25. The fourth-order valence-electron chi connectivity index (χ4n) is 2.23. The Labute approximate surface area is 108 Å². The molecule has 0 fully saturated rings. The molecule has 2 rings (SSSR count). The van der Waals surface area contributed by atoms with Crippen molar-refractivity contribution >= 4 is 32.8 Å². The van der Waals surface area contributed by atoms with E-state index in [4.69, 9.17) is 5.11 Å². The van der Waals surface area contributed by atoms with E-state index >= 15 is 0 Å². The number of aliphatic carboxylic acids is 1. The summed E-state index contributed by atoms with van der Waals surface area (Å²) in [6.07, 6.45) is 0.746. The molecule has 1 aromatic heterocycles. The van der Waals surface area contributed by atoms with Crippen LogP contribution in [-0.2, 0) is 18.3 Å². The highest BCUT2D eigenvalue weighted by Gasteiger charge is 2.12. The molecular formula is C13H14BrNO2. The van der Waals surface area contributed by atoms with Crippen molar-refractivity contribution in [3.63, 3.8) is 0 Å². The topological polar surface area (TPSA) is 42.2 Å². The van der Waals surface area contributed by atoms with Gasteiger partial charge in [0.05, 0.1) is 6.42 Å². The van der Waals surface area contributed by atoms with Gasteiger partial charge in [0.2, 0.25) is 0 Å². The summed E-state index contributed by atoms with van der Waals surface area (Å²) < 4.78 is 3.12. The van der Waals surface area contributed by atoms with Crippen LogP contribution in [0.1, 0.15) is 17.7 Å².